The summed E-state index contributed by atoms with van der Waals surface area (Å²) in [6.45, 7) is 2.24. The Morgan fingerprint density at radius 1 is 1.06 bits per heavy atom. The monoisotopic (exact) mass is 283 g/mol. The normalized spacial score (nSPS) is 10.4. The zero-order chi connectivity index (χ0) is 13.1. The van der Waals surface area contributed by atoms with Crippen LogP contribution in [0.25, 0.3) is 0 Å². The number of hydrogen-bond acceptors (Lipinski definition) is 1. The molecule has 94 valence electrons. The molecule has 0 atom stereocenters. The van der Waals surface area contributed by atoms with Gasteiger partial charge in [0.05, 0.1) is 5.69 Å². The smallest absolute Gasteiger partial charge is 0.146 e. The number of para-hydroxylation sites is 1. The van der Waals surface area contributed by atoms with Crippen molar-refractivity contribution in [3.05, 3.63) is 63.4 Å². The zero-order valence-electron chi connectivity index (χ0n) is 9.81. The highest BCUT2D eigenvalue weighted by molar-refractivity contribution is 6.36. The molecule has 0 spiro atoms. The average Bonchev–Trinajstić information content (AvgIpc) is 2.31. The molecule has 2 aromatic rings. The Morgan fingerprint density at radius 3 is 2.28 bits per heavy atom. The van der Waals surface area contributed by atoms with Crippen molar-refractivity contribution in [1.29, 1.82) is 0 Å². The summed E-state index contributed by atoms with van der Waals surface area (Å²) < 4.78 is 13.6. The Kier molecular flexibility index (Phi) is 4.10. The van der Waals surface area contributed by atoms with Crippen LogP contribution in [0.1, 0.15) is 11.1 Å². The van der Waals surface area contributed by atoms with Crippen molar-refractivity contribution in [2.24, 2.45) is 0 Å². The molecule has 0 heterocycles. The summed E-state index contributed by atoms with van der Waals surface area (Å²) in [6.07, 6.45) is 0. The summed E-state index contributed by atoms with van der Waals surface area (Å²) in [5, 5.41) is 4.18. The second-order valence-corrected chi connectivity index (χ2v) is 4.80. The molecule has 0 saturated heterocycles. The number of benzene rings is 2. The second-order valence-electron chi connectivity index (χ2n) is 3.99. The highest BCUT2D eigenvalue weighted by atomic mass is 35.5. The number of rotatable bonds is 3. The standard InChI is InChI=1S/C14H12Cl2FN/c1-9-4-2-7-13(17)14(9)18-8-10-11(15)5-3-6-12(10)16/h2-7,18H,8H2,1H3. The molecule has 2 aromatic carbocycles. The maximum absolute atomic E-state index is 13.6. The zero-order valence-corrected chi connectivity index (χ0v) is 11.3. The third-order valence-electron chi connectivity index (χ3n) is 2.73. The molecule has 1 N–H and O–H groups in total. The molecule has 4 heteroatoms. The molecule has 0 aromatic heterocycles. The van der Waals surface area contributed by atoms with E-state index in [-0.39, 0.29) is 5.82 Å². The molecule has 0 radical (unpaired) electrons. The van der Waals surface area contributed by atoms with E-state index in [2.05, 4.69) is 5.32 Å². The largest absolute Gasteiger partial charge is 0.378 e. The lowest BCUT2D eigenvalue weighted by Gasteiger charge is -2.12. The lowest BCUT2D eigenvalue weighted by molar-refractivity contribution is 0.629. The predicted octanol–water partition coefficient (Wildman–Crippen LogP) is 5.05. The third kappa shape index (κ3) is 2.77. The fourth-order valence-electron chi connectivity index (χ4n) is 1.73. The van der Waals surface area contributed by atoms with Crippen LogP contribution in [-0.2, 0) is 6.54 Å². The van der Waals surface area contributed by atoms with Gasteiger partial charge in [-0.15, -0.1) is 0 Å². The van der Waals surface area contributed by atoms with Crippen molar-refractivity contribution in [2.45, 2.75) is 13.5 Å². The highest BCUT2D eigenvalue weighted by Gasteiger charge is 2.08. The Hall–Kier alpha value is -1.25. The first-order chi connectivity index (χ1) is 8.59. The predicted molar refractivity (Wildman–Crippen MR) is 74.9 cm³/mol. The van der Waals surface area contributed by atoms with Crippen LogP contribution >= 0.6 is 23.2 Å². The minimum atomic E-state index is -0.279. The van der Waals surface area contributed by atoms with E-state index in [1.165, 1.54) is 6.07 Å². The van der Waals surface area contributed by atoms with Gasteiger partial charge in [-0.05, 0) is 30.7 Å². The van der Waals surface area contributed by atoms with E-state index in [1.807, 2.05) is 13.0 Å². The molecule has 0 amide bonds. The van der Waals surface area contributed by atoms with Gasteiger partial charge in [-0.1, -0.05) is 41.4 Å². The van der Waals surface area contributed by atoms with Crippen LogP contribution in [0.2, 0.25) is 10.0 Å². The van der Waals surface area contributed by atoms with Crippen molar-refractivity contribution in [3.8, 4) is 0 Å². The van der Waals surface area contributed by atoms with Gasteiger partial charge < -0.3 is 5.32 Å². The molecule has 0 fully saturated rings. The molecule has 2 rings (SSSR count). The minimum Gasteiger partial charge on any atom is -0.378 e. The van der Waals surface area contributed by atoms with Crippen LogP contribution in [-0.4, -0.2) is 0 Å². The summed E-state index contributed by atoms with van der Waals surface area (Å²) in [5.74, 6) is -0.279. The van der Waals surface area contributed by atoms with E-state index >= 15 is 0 Å². The molecule has 0 aliphatic rings. The Balaban J connectivity index is 2.22. The molecule has 0 bridgehead atoms. The minimum absolute atomic E-state index is 0.279. The third-order valence-corrected chi connectivity index (χ3v) is 3.43. The van der Waals surface area contributed by atoms with Gasteiger partial charge in [-0.2, -0.15) is 0 Å². The maximum Gasteiger partial charge on any atom is 0.146 e. The van der Waals surface area contributed by atoms with Gasteiger partial charge in [0, 0.05) is 22.2 Å². The number of hydrogen-bond donors (Lipinski definition) is 1. The summed E-state index contributed by atoms with van der Waals surface area (Å²) in [4.78, 5) is 0. The molecule has 1 nitrogen and oxygen atoms in total. The molecular weight excluding hydrogens is 272 g/mol. The summed E-state index contributed by atoms with van der Waals surface area (Å²) in [6, 6.07) is 10.3. The van der Waals surface area contributed by atoms with Gasteiger partial charge in [-0.25, -0.2) is 4.39 Å². The van der Waals surface area contributed by atoms with E-state index in [0.717, 1.165) is 11.1 Å². The molecular formula is C14H12Cl2FN. The topological polar surface area (TPSA) is 12.0 Å². The van der Waals surface area contributed by atoms with Gasteiger partial charge in [0.25, 0.3) is 0 Å². The van der Waals surface area contributed by atoms with Crippen molar-refractivity contribution in [2.75, 3.05) is 5.32 Å². The van der Waals surface area contributed by atoms with Gasteiger partial charge in [-0.3, -0.25) is 0 Å². The first kappa shape index (κ1) is 13.2. The van der Waals surface area contributed by atoms with Crippen LogP contribution in [0.3, 0.4) is 0 Å². The number of nitrogens with one attached hydrogen (secondary N) is 1. The van der Waals surface area contributed by atoms with Crippen LogP contribution in [0.4, 0.5) is 10.1 Å². The average molecular weight is 284 g/mol. The Bertz CT molecular complexity index is 478. The van der Waals surface area contributed by atoms with E-state index in [9.17, 15) is 4.39 Å². The maximum atomic E-state index is 13.6. The first-order valence-electron chi connectivity index (χ1n) is 5.51. The number of halogens is 3. The van der Waals surface area contributed by atoms with Gasteiger partial charge >= 0.3 is 0 Å². The van der Waals surface area contributed by atoms with Gasteiger partial charge in [0.2, 0.25) is 0 Å². The number of anilines is 1. The summed E-state index contributed by atoms with van der Waals surface area (Å²) >= 11 is 12.1. The van der Waals surface area contributed by atoms with Crippen LogP contribution < -0.4 is 5.32 Å². The van der Waals surface area contributed by atoms with Crippen molar-refractivity contribution < 1.29 is 4.39 Å². The van der Waals surface area contributed by atoms with Crippen molar-refractivity contribution in [1.82, 2.24) is 0 Å². The van der Waals surface area contributed by atoms with Crippen molar-refractivity contribution >= 4 is 28.9 Å². The van der Waals surface area contributed by atoms with Gasteiger partial charge in [0.1, 0.15) is 5.82 Å². The second kappa shape index (κ2) is 5.59. The Labute approximate surface area is 116 Å². The van der Waals surface area contributed by atoms with Crippen LogP contribution in [0.15, 0.2) is 36.4 Å². The molecule has 0 saturated carbocycles. The van der Waals surface area contributed by atoms with Gasteiger partial charge in [0.15, 0.2) is 0 Å². The first-order valence-corrected chi connectivity index (χ1v) is 6.27. The van der Waals surface area contributed by atoms with E-state index < -0.39 is 0 Å². The molecule has 0 aliphatic carbocycles. The van der Waals surface area contributed by atoms with Crippen LogP contribution in [0.5, 0.6) is 0 Å². The van der Waals surface area contributed by atoms with Crippen LogP contribution in [0, 0.1) is 12.7 Å². The fraction of sp³-hybridized carbons (Fsp3) is 0.143. The molecule has 0 aliphatic heterocycles. The van der Waals surface area contributed by atoms with E-state index in [0.29, 0.717) is 22.3 Å². The lowest BCUT2D eigenvalue weighted by Crippen LogP contribution is -2.04. The molecule has 18 heavy (non-hydrogen) atoms. The number of aryl methyl sites for hydroxylation is 1. The van der Waals surface area contributed by atoms with E-state index in [4.69, 9.17) is 23.2 Å². The summed E-state index contributed by atoms with van der Waals surface area (Å²) in [7, 11) is 0. The Morgan fingerprint density at radius 2 is 1.67 bits per heavy atom. The quantitative estimate of drug-likeness (QED) is 0.831. The van der Waals surface area contributed by atoms with E-state index in [1.54, 1.807) is 24.3 Å². The summed E-state index contributed by atoms with van der Waals surface area (Å²) in [5.41, 5.74) is 2.09. The fourth-order valence-corrected chi connectivity index (χ4v) is 2.26. The molecule has 0 unspecified atom stereocenters. The lowest BCUT2D eigenvalue weighted by atomic mass is 10.1. The van der Waals surface area contributed by atoms with Crippen molar-refractivity contribution in [3.63, 3.8) is 0 Å². The highest BCUT2D eigenvalue weighted by Crippen LogP contribution is 2.26. The SMILES string of the molecule is Cc1cccc(F)c1NCc1c(Cl)cccc1Cl.